The molecule has 3 heteroatoms. The summed E-state index contributed by atoms with van der Waals surface area (Å²) in [6.45, 7) is 0. The highest BCUT2D eigenvalue weighted by Gasteiger charge is 1.92. The van der Waals surface area contributed by atoms with Gasteiger partial charge in [-0.25, -0.2) is 0 Å². The number of aliphatic carboxylic acids is 1. The first-order chi connectivity index (χ1) is 8.77. The molecule has 3 nitrogen and oxygen atoms in total. The van der Waals surface area contributed by atoms with Crippen LogP contribution in [0, 0.1) is 0 Å². The highest BCUT2D eigenvalue weighted by molar-refractivity contribution is 5.66. The molecule has 0 aliphatic heterocycles. The second-order valence-corrected chi connectivity index (χ2v) is 3.92. The summed E-state index contributed by atoms with van der Waals surface area (Å²) in [7, 11) is 0. The van der Waals surface area contributed by atoms with Crippen LogP contribution < -0.4 is 0 Å². The highest BCUT2D eigenvalue weighted by Crippen LogP contribution is 1.98. The quantitative estimate of drug-likeness (QED) is 0.346. The van der Waals surface area contributed by atoms with Crippen molar-refractivity contribution in [2.75, 3.05) is 0 Å². The van der Waals surface area contributed by atoms with Gasteiger partial charge in [-0.3, -0.25) is 4.79 Å². The van der Waals surface area contributed by atoms with Gasteiger partial charge in [-0.1, -0.05) is 36.5 Å². The average Bonchev–Trinajstić information content (AvgIpc) is 2.34. The fraction of sp³-hybridized carbons (Fsp3) is 0.467. The molecule has 0 rings (SSSR count). The molecule has 0 aromatic carbocycles. The van der Waals surface area contributed by atoms with Gasteiger partial charge in [0.1, 0.15) is 6.29 Å². The maximum absolute atomic E-state index is 10.2. The lowest BCUT2D eigenvalue weighted by molar-refractivity contribution is -0.137. The lowest BCUT2D eigenvalue weighted by Gasteiger charge is -1.89. The van der Waals surface area contributed by atoms with Crippen molar-refractivity contribution in [1.82, 2.24) is 0 Å². The van der Waals surface area contributed by atoms with E-state index in [0.29, 0.717) is 12.8 Å². The van der Waals surface area contributed by atoms with Crippen molar-refractivity contribution in [3.05, 3.63) is 36.5 Å². The van der Waals surface area contributed by atoms with Gasteiger partial charge in [-0.15, -0.1) is 0 Å². The van der Waals surface area contributed by atoms with Crippen molar-refractivity contribution in [1.29, 1.82) is 0 Å². The monoisotopic (exact) mass is 250 g/mol. The molecule has 0 aromatic rings. The molecule has 1 N–H and O–H groups in total. The fourth-order valence-corrected chi connectivity index (χ4v) is 1.31. The lowest BCUT2D eigenvalue weighted by atomic mass is 10.2. The van der Waals surface area contributed by atoms with Crippen LogP contribution in [0.5, 0.6) is 0 Å². The summed E-state index contributed by atoms with van der Waals surface area (Å²) in [5.74, 6) is -0.732. The van der Waals surface area contributed by atoms with Crippen LogP contribution in [-0.2, 0) is 9.59 Å². The summed E-state index contributed by atoms with van der Waals surface area (Å²) in [5.41, 5.74) is 0. The van der Waals surface area contributed by atoms with Gasteiger partial charge in [0.25, 0.3) is 0 Å². The summed E-state index contributed by atoms with van der Waals surface area (Å²) in [6.07, 6.45) is 18.2. The number of hydrogen-bond donors (Lipinski definition) is 1. The zero-order valence-electron chi connectivity index (χ0n) is 10.8. The average molecular weight is 250 g/mol. The van der Waals surface area contributed by atoms with Gasteiger partial charge in [-0.05, 0) is 32.1 Å². The first kappa shape index (κ1) is 16.4. The minimum absolute atomic E-state index is 0.242. The van der Waals surface area contributed by atoms with E-state index in [9.17, 15) is 9.59 Å². The number of unbranched alkanes of at least 4 members (excludes halogenated alkanes) is 2. The van der Waals surface area contributed by atoms with Crippen LogP contribution in [-0.4, -0.2) is 17.4 Å². The molecule has 0 saturated heterocycles. The number of carboxylic acid groups (broad SMARTS) is 1. The maximum atomic E-state index is 10.2. The van der Waals surface area contributed by atoms with E-state index in [1.54, 1.807) is 0 Å². The minimum Gasteiger partial charge on any atom is -0.481 e. The van der Waals surface area contributed by atoms with Crippen molar-refractivity contribution in [2.24, 2.45) is 0 Å². The van der Waals surface area contributed by atoms with Crippen LogP contribution in [0.1, 0.15) is 44.9 Å². The first-order valence-corrected chi connectivity index (χ1v) is 6.37. The zero-order valence-corrected chi connectivity index (χ0v) is 10.8. The second kappa shape index (κ2) is 13.4. The van der Waals surface area contributed by atoms with Crippen LogP contribution in [0.25, 0.3) is 0 Å². The number of allylic oxidation sites excluding steroid dienone is 6. The number of carbonyl (C=O) groups is 2. The van der Waals surface area contributed by atoms with Gasteiger partial charge in [0.15, 0.2) is 0 Å². The van der Waals surface area contributed by atoms with Crippen LogP contribution in [0.4, 0.5) is 0 Å². The topological polar surface area (TPSA) is 54.4 Å². The minimum atomic E-state index is -0.732. The SMILES string of the molecule is O=CCCC=CCC=CCC=CCCCC(=O)O. The molecule has 100 valence electrons. The molecule has 0 aliphatic carbocycles. The molecular formula is C15H22O3. The molecule has 0 heterocycles. The Bertz CT molecular complexity index is 301. The lowest BCUT2D eigenvalue weighted by Crippen LogP contribution is -1.92. The Morgan fingerprint density at radius 1 is 0.833 bits per heavy atom. The van der Waals surface area contributed by atoms with E-state index < -0.39 is 5.97 Å². The van der Waals surface area contributed by atoms with Crippen LogP contribution >= 0.6 is 0 Å². The number of carbonyl (C=O) groups excluding carboxylic acids is 1. The van der Waals surface area contributed by atoms with Gasteiger partial charge >= 0.3 is 5.97 Å². The van der Waals surface area contributed by atoms with E-state index in [-0.39, 0.29) is 6.42 Å². The molecule has 0 bridgehead atoms. The standard InChI is InChI=1S/C15H22O3/c16-14-12-10-8-6-4-2-1-3-5-7-9-11-13-15(17)18/h1-2,5-8,14H,3-4,9-13H2,(H,17,18). The Morgan fingerprint density at radius 3 is 1.94 bits per heavy atom. The number of hydrogen-bond acceptors (Lipinski definition) is 2. The van der Waals surface area contributed by atoms with E-state index in [1.165, 1.54) is 0 Å². The van der Waals surface area contributed by atoms with Crippen LogP contribution in [0.15, 0.2) is 36.5 Å². The van der Waals surface area contributed by atoms with Crippen molar-refractivity contribution in [3.63, 3.8) is 0 Å². The summed E-state index contributed by atoms with van der Waals surface area (Å²) < 4.78 is 0. The van der Waals surface area contributed by atoms with E-state index in [1.807, 2.05) is 12.2 Å². The molecule has 0 unspecified atom stereocenters. The summed E-state index contributed by atoms with van der Waals surface area (Å²) >= 11 is 0. The number of carboxylic acids is 1. The van der Waals surface area contributed by atoms with Crippen LogP contribution in [0.3, 0.4) is 0 Å². The van der Waals surface area contributed by atoms with Crippen molar-refractivity contribution >= 4 is 12.3 Å². The molecule has 0 fully saturated rings. The fourth-order valence-electron chi connectivity index (χ4n) is 1.31. The second-order valence-electron chi connectivity index (χ2n) is 3.92. The van der Waals surface area contributed by atoms with E-state index in [2.05, 4.69) is 24.3 Å². The molecule has 0 spiro atoms. The predicted molar refractivity (Wildman–Crippen MR) is 73.4 cm³/mol. The normalized spacial score (nSPS) is 11.8. The molecule has 0 aliphatic rings. The summed E-state index contributed by atoms with van der Waals surface area (Å²) in [5, 5.41) is 8.43. The Hall–Kier alpha value is -1.64. The third-order valence-electron chi connectivity index (χ3n) is 2.26. The van der Waals surface area contributed by atoms with Gasteiger partial charge in [0.2, 0.25) is 0 Å². The molecule has 0 radical (unpaired) electrons. The molecule has 0 amide bonds. The predicted octanol–water partition coefficient (Wildman–Crippen LogP) is 3.67. The van der Waals surface area contributed by atoms with Gasteiger partial charge in [0.05, 0.1) is 0 Å². The van der Waals surface area contributed by atoms with Crippen molar-refractivity contribution < 1.29 is 14.7 Å². The maximum Gasteiger partial charge on any atom is 0.303 e. The van der Waals surface area contributed by atoms with E-state index >= 15 is 0 Å². The van der Waals surface area contributed by atoms with Crippen molar-refractivity contribution in [2.45, 2.75) is 44.9 Å². The largest absolute Gasteiger partial charge is 0.481 e. The Morgan fingerprint density at radius 2 is 1.39 bits per heavy atom. The van der Waals surface area contributed by atoms with Crippen molar-refractivity contribution in [3.8, 4) is 0 Å². The smallest absolute Gasteiger partial charge is 0.303 e. The third kappa shape index (κ3) is 14.4. The molecule has 0 aromatic heterocycles. The zero-order chi connectivity index (χ0) is 13.5. The Labute approximate surface area is 109 Å². The molecule has 18 heavy (non-hydrogen) atoms. The summed E-state index contributed by atoms with van der Waals surface area (Å²) in [4.78, 5) is 20.3. The third-order valence-corrected chi connectivity index (χ3v) is 2.26. The van der Waals surface area contributed by atoms with Gasteiger partial charge in [-0.2, -0.15) is 0 Å². The summed E-state index contributed by atoms with van der Waals surface area (Å²) in [6, 6.07) is 0. The number of aldehydes is 1. The van der Waals surface area contributed by atoms with E-state index in [4.69, 9.17) is 5.11 Å². The molecule has 0 atom stereocenters. The van der Waals surface area contributed by atoms with Crippen LogP contribution in [0.2, 0.25) is 0 Å². The first-order valence-electron chi connectivity index (χ1n) is 6.37. The molecular weight excluding hydrogens is 228 g/mol. The molecule has 0 saturated carbocycles. The Kier molecular flexibility index (Phi) is 12.2. The number of rotatable bonds is 11. The van der Waals surface area contributed by atoms with Gasteiger partial charge < -0.3 is 9.90 Å². The highest BCUT2D eigenvalue weighted by atomic mass is 16.4. The van der Waals surface area contributed by atoms with E-state index in [0.717, 1.165) is 32.0 Å². The Balaban J connectivity index is 3.36. The van der Waals surface area contributed by atoms with Gasteiger partial charge in [0, 0.05) is 12.8 Å².